The van der Waals surface area contributed by atoms with Gasteiger partial charge in [0.15, 0.2) is 0 Å². The maximum absolute atomic E-state index is 8.47. The molecule has 7 aliphatic carbocycles. The van der Waals surface area contributed by atoms with Crippen molar-refractivity contribution in [1.29, 1.82) is 0 Å². The summed E-state index contributed by atoms with van der Waals surface area (Å²) < 4.78 is 44.0. The van der Waals surface area contributed by atoms with Crippen molar-refractivity contribution in [2.45, 2.75) is 236 Å². The lowest BCUT2D eigenvalue weighted by molar-refractivity contribution is -0.0987. The predicted molar refractivity (Wildman–Crippen MR) is 247 cm³/mol. The maximum Gasteiger partial charge on any atom is 0.106 e. The molecule has 14 rings (SSSR count). The summed E-state index contributed by atoms with van der Waals surface area (Å²) in [6, 6.07) is 0. The van der Waals surface area contributed by atoms with E-state index >= 15 is 0 Å². The van der Waals surface area contributed by atoms with Crippen LogP contribution in [0.2, 0.25) is 0 Å². The van der Waals surface area contributed by atoms with Crippen LogP contribution in [0.1, 0.15) is 160 Å². The van der Waals surface area contributed by atoms with E-state index in [0.717, 1.165) is 73.7 Å². The molecule has 0 aromatic carbocycles. The van der Waals surface area contributed by atoms with E-state index in [9.17, 15) is 0 Å². The third-order valence-electron chi connectivity index (χ3n) is 18.2. The molecule has 14 aliphatic rings. The number of hydrogen-bond acceptors (Lipinski definition) is 9. The van der Waals surface area contributed by atoms with Crippen molar-refractivity contribution < 1.29 is 44.1 Å². The number of carbonyl (C=O) groups is 2. The summed E-state index contributed by atoms with van der Waals surface area (Å²) in [6.45, 7) is 29.9. The zero-order valence-corrected chi connectivity index (χ0v) is 40.8. The van der Waals surface area contributed by atoms with Crippen molar-refractivity contribution in [2.24, 2.45) is 46.8 Å². The zero-order valence-electron chi connectivity index (χ0n) is 41.8. The Morgan fingerprint density at radius 3 is 1.59 bits per heavy atom. The van der Waals surface area contributed by atoms with Gasteiger partial charge in [0.1, 0.15) is 14.9 Å². The second kappa shape index (κ2) is 19.1. The third kappa shape index (κ3) is 11.7. The fraction of sp³-hybridized carbons (Fsp3) is 0.852. The van der Waals surface area contributed by atoms with Crippen molar-refractivity contribution in [3.63, 3.8) is 0 Å². The van der Waals surface area contributed by atoms with Gasteiger partial charge in [0.25, 0.3) is 0 Å². The van der Waals surface area contributed by atoms with E-state index < -0.39 is 0 Å². The van der Waals surface area contributed by atoms with E-state index in [1.54, 1.807) is 0 Å². The molecule has 0 N–H and O–H groups in total. The maximum atomic E-state index is 8.47. The summed E-state index contributed by atoms with van der Waals surface area (Å²) in [5.41, 5.74) is 3.07. The minimum atomic E-state index is 0. The number of epoxide rings is 7. The molecule has 0 bridgehead atoms. The number of fused-ring (bicyclic) bond motifs is 7. The van der Waals surface area contributed by atoms with Gasteiger partial charge in [0.2, 0.25) is 0 Å². The van der Waals surface area contributed by atoms with Crippen molar-refractivity contribution in [2.75, 3.05) is 6.61 Å². The van der Waals surface area contributed by atoms with Gasteiger partial charge in [-0.15, -0.1) is 0 Å². The normalized spacial score (nSPS) is 50.3. The first-order chi connectivity index (χ1) is 30.3. The van der Waals surface area contributed by atoms with Crippen LogP contribution in [0.5, 0.6) is 0 Å². The van der Waals surface area contributed by atoms with E-state index in [1.807, 2.05) is 6.79 Å². The monoisotopic (exact) mass is 880 g/mol. The van der Waals surface area contributed by atoms with Crippen LogP contribution in [0.3, 0.4) is 0 Å². The summed E-state index contributed by atoms with van der Waals surface area (Å²) in [5.74, 6) is 5.96. The third-order valence-corrected chi connectivity index (χ3v) is 18.2. The average molecular weight is 880 g/mol. The minimum absolute atomic E-state index is 0. The SMILES string of the molecule is C1=CCC2OC2C1.C1=CCC2OC2C1.C=C(C)C1CCC2(C)OC2C1.C=O.CC(C)C1CCC(C)C2OC12.CC1(C2CCC3(C)OC3C2)CO1.CC12CC3C(CC1O2)C3(C)C.[2H]C=O. The van der Waals surface area contributed by atoms with Crippen LogP contribution in [0.25, 0.3) is 0 Å². The van der Waals surface area contributed by atoms with Crippen LogP contribution in [0.15, 0.2) is 36.5 Å². The molecule has 0 aromatic rings. The summed E-state index contributed by atoms with van der Waals surface area (Å²) in [6.07, 6.45) is 31.8. The standard InChI is InChI=1S/C10H16O2.2C10H16O.C10H18O.2C6H8O.2CH2O/c1-9-4-3-7(5-8(9)12-9)10(2)6-11-10;1-9(2)6-4-8-10(3,11-8)5-7(6)9;1-7(2)8-4-5-10(3)9(6-8)11-10;1-6(2)8-5-4-7(3)9-10(8)11-9;2*1-2-4-6-5(3-1)7-6;2*1-2/h7-8H,3-6H2,1-2H3;6-8H,4-5H2,1-3H3;8-9H,1,4-6H2,2-3H3;6-10H,4-5H2,1-3H3;2*1-2,5-6H,3-4H2;2*1H2/i;;;;;;1D;. The summed E-state index contributed by atoms with van der Waals surface area (Å²) in [7, 11) is 0. The van der Waals surface area contributed by atoms with Crippen LogP contribution in [-0.2, 0) is 42.7 Å². The molecular weight excluding hydrogens is 793 g/mol. The molecule has 0 radical (unpaired) electrons. The summed E-state index contributed by atoms with van der Waals surface area (Å²) in [4.78, 5) is 16.5. The molecule has 19 unspecified atom stereocenters. The largest absolute Gasteiger partial charge is 0.370 e. The van der Waals surface area contributed by atoms with Crippen LogP contribution >= 0.6 is 0 Å². The van der Waals surface area contributed by atoms with Crippen molar-refractivity contribution >= 4 is 13.6 Å². The van der Waals surface area contributed by atoms with E-state index in [0.29, 0.717) is 66.0 Å². The second-order valence-electron chi connectivity index (χ2n) is 23.5. The molecule has 63 heavy (non-hydrogen) atoms. The fourth-order valence-electron chi connectivity index (χ4n) is 12.4. The molecule has 9 nitrogen and oxygen atoms in total. The molecule has 19 atom stereocenters. The second-order valence-corrected chi connectivity index (χ2v) is 23.5. The van der Waals surface area contributed by atoms with Crippen molar-refractivity contribution in [3.05, 3.63) is 36.5 Å². The Morgan fingerprint density at radius 2 is 1.14 bits per heavy atom. The molecule has 0 spiro atoms. The van der Waals surface area contributed by atoms with Gasteiger partial charge in [-0.2, -0.15) is 0 Å². The summed E-state index contributed by atoms with van der Waals surface area (Å²) >= 11 is 0. The van der Waals surface area contributed by atoms with Gasteiger partial charge in [-0.3, -0.25) is 0 Å². The van der Waals surface area contributed by atoms with Crippen LogP contribution in [-0.4, -0.2) is 97.5 Å². The van der Waals surface area contributed by atoms with Gasteiger partial charge >= 0.3 is 0 Å². The Hall–Kier alpha value is -1.72. The molecule has 9 heteroatoms. The molecule has 0 amide bonds. The van der Waals surface area contributed by atoms with E-state index in [4.69, 9.17) is 44.1 Å². The minimum Gasteiger partial charge on any atom is -0.370 e. The molecule has 7 saturated heterocycles. The van der Waals surface area contributed by atoms with E-state index in [-0.39, 0.29) is 23.6 Å². The first-order valence-corrected chi connectivity index (χ1v) is 25.0. The Balaban J connectivity index is 0.000000113. The highest BCUT2D eigenvalue weighted by Crippen LogP contribution is 2.71. The zero-order chi connectivity index (χ0) is 46.4. The number of hydrogen-bond donors (Lipinski definition) is 0. The average Bonchev–Trinajstić information content (AvgIpc) is 4.03. The fourth-order valence-corrected chi connectivity index (χ4v) is 12.4. The molecular formula is C54H86O9. The van der Waals surface area contributed by atoms with Gasteiger partial charge < -0.3 is 42.7 Å². The van der Waals surface area contributed by atoms with Gasteiger partial charge in [-0.05, 0) is 171 Å². The molecule has 356 valence electrons. The van der Waals surface area contributed by atoms with Crippen LogP contribution in [0, 0.1) is 46.8 Å². The first-order valence-electron chi connectivity index (χ1n) is 25.6. The van der Waals surface area contributed by atoms with Gasteiger partial charge in [0, 0.05) is 0 Å². The Kier molecular flexibility index (Phi) is 14.5. The van der Waals surface area contributed by atoms with Crippen LogP contribution < -0.4 is 0 Å². The van der Waals surface area contributed by atoms with Gasteiger partial charge in [0.05, 0.1) is 83.9 Å². The molecule has 7 heterocycles. The highest BCUT2D eigenvalue weighted by atomic mass is 16.6. The summed E-state index contributed by atoms with van der Waals surface area (Å²) in [5, 5.41) is 0. The van der Waals surface area contributed by atoms with E-state index in [2.05, 4.69) is 100 Å². The smallest absolute Gasteiger partial charge is 0.106 e. The van der Waals surface area contributed by atoms with Gasteiger partial charge in [-0.25, -0.2) is 0 Å². The van der Waals surface area contributed by atoms with Crippen molar-refractivity contribution in [3.8, 4) is 0 Å². The van der Waals surface area contributed by atoms with E-state index in [1.165, 1.54) is 69.8 Å². The number of ether oxygens (including phenoxy) is 7. The molecule has 12 fully saturated rings. The Labute approximate surface area is 382 Å². The first kappa shape index (κ1) is 47.8. The Morgan fingerprint density at radius 1 is 0.651 bits per heavy atom. The quantitative estimate of drug-likeness (QED) is 0.201. The highest BCUT2D eigenvalue weighted by molar-refractivity contribution is 5.19. The lowest BCUT2D eigenvalue weighted by Crippen LogP contribution is -2.29. The lowest BCUT2D eigenvalue weighted by Gasteiger charge is -2.25. The molecule has 7 aliphatic heterocycles. The molecule has 0 aromatic heterocycles. The lowest BCUT2D eigenvalue weighted by atomic mass is 9.77. The molecule has 5 saturated carbocycles. The number of rotatable bonds is 3. The number of allylic oxidation sites excluding steroid dienone is 1. The Bertz CT molecular complexity index is 1620. The predicted octanol–water partition coefficient (Wildman–Crippen LogP) is 10.8. The van der Waals surface area contributed by atoms with Crippen LogP contribution in [0.4, 0.5) is 0 Å². The van der Waals surface area contributed by atoms with Gasteiger partial charge in [-0.1, -0.05) is 71.1 Å². The van der Waals surface area contributed by atoms with Crippen molar-refractivity contribution in [1.82, 2.24) is 0 Å². The highest BCUT2D eigenvalue weighted by Gasteiger charge is 2.70. The number of carbonyl (C=O) groups excluding carboxylic acids is 2. The topological polar surface area (TPSA) is 122 Å².